The molecule has 4 aromatic rings. The summed E-state index contributed by atoms with van der Waals surface area (Å²) in [4.78, 5) is 8.59. The maximum atomic E-state index is 9.10. The van der Waals surface area contributed by atoms with Crippen LogP contribution in [-0.2, 0) is 13.1 Å². The van der Waals surface area contributed by atoms with Crippen LogP contribution in [0, 0.1) is 0 Å². The number of nitrogens with zero attached hydrogens (tertiary/aromatic N) is 5. The van der Waals surface area contributed by atoms with Gasteiger partial charge in [0.15, 0.2) is 5.65 Å². The van der Waals surface area contributed by atoms with Crippen LogP contribution < -0.4 is 5.32 Å². The summed E-state index contributed by atoms with van der Waals surface area (Å²) < 4.78 is 3.79. The van der Waals surface area contributed by atoms with E-state index in [1.807, 2.05) is 24.5 Å². The highest BCUT2D eigenvalue weighted by atomic mass is 32.1. The summed E-state index contributed by atoms with van der Waals surface area (Å²) >= 11 is 1.70. The molecule has 0 fully saturated rings. The number of thiophene rings is 1. The van der Waals surface area contributed by atoms with Crippen molar-refractivity contribution >= 4 is 28.2 Å². The van der Waals surface area contributed by atoms with Gasteiger partial charge in [0.2, 0.25) is 0 Å². The van der Waals surface area contributed by atoms with Crippen LogP contribution in [-0.4, -0.2) is 36.0 Å². The Hall–Kier alpha value is -2.71. The van der Waals surface area contributed by atoms with Crippen LogP contribution in [0.1, 0.15) is 5.56 Å². The zero-order valence-corrected chi connectivity index (χ0v) is 13.6. The fourth-order valence-electron chi connectivity index (χ4n) is 2.63. The van der Waals surface area contributed by atoms with E-state index in [4.69, 9.17) is 5.11 Å². The molecule has 0 saturated heterocycles. The molecular formula is C16H16N6OS. The maximum Gasteiger partial charge on any atom is 0.163 e. The van der Waals surface area contributed by atoms with Gasteiger partial charge in [-0.3, -0.25) is 0 Å². The van der Waals surface area contributed by atoms with Crippen molar-refractivity contribution < 1.29 is 5.11 Å². The molecule has 24 heavy (non-hydrogen) atoms. The number of rotatable bonds is 6. The van der Waals surface area contributed by atoms with Crippen molar-refractivity contribution in [3.05, 3.63) is 54.1 Å². The Kier molecular flexibility index (Phi) is 3.97. The zero-order chi connectivity index (χ0) is 16.4. The predicted octanol–water partition coefficient (Wildman–Crippen LogP) is 2.28. The lowest BCUT2D eigenvalue weighted by Crippen LogP contribution is -2.06. The second-order valence-corrected chi connectivity index (χ2v) is 6.14. The summed E-state index contributed by atoms with van der Waals surface area (Å²) in [5.41, 5.74) is 1.92. The molecule has 0 unspecified atom stereocenters. The minimum Gasteiger partial charge on any atom is -0.394 e. The topological polar surface area (TPSA) is 80.8 Å². The van der Waals surface area contributed by atoms with Gasteiger partial charge in [0.25, 0.3) is 0 Å². The van der Waals surface area contributed by atoms with Gasteiger partial charge in [-0.25, -0.2) is 14.6 Å². The lowest BCUT2D eigenvalue weighted by atomic mass is 10.3. The van der Waals surface area contributed by atoms with Gasteiger partial charge < -0.3 is 15.0 Å². The predicted molar refractivity (Wildman–Crippen MR) is 93.4 cm³/mol. The Morgan fingerprint density at radius 3 is 2.92 bits per heavy atom. The van der Waals surface area contributed by atoms with Crippen molar-refractivity contribution in [3.63, 3.8) is 0 Å². The lowest BCUT2D eigenvalue weighted by molar-refractivity contribution is 0.271. The van der Waals surface area contributed by atoms with Crippen LogP contribution in [0.25, 0.3) is 16.0 Å². The van der Waals surface area contributed by atoms with Crippen LogP contribution in [0.5, 0.6) is 0 Å². The minimum absolute atomic E-state index is 0.0265. The molecule has 0 bridgehead atoms. The van der Waals surface area contributed by atoms with E-state index in [9.17, 15) is 0 Å². The highest BCUT2D eigenvalue weighted by Gasteiger charge is 2.11. The molecule has 0 aliphatic heterocycles. The molecule has 0 aliphatic rings. The van der Waals surface area contributed by atoms with Crippen molar-refractivity contribution in [1.82, 2.24) is 24.3 Å². The van der Waals surface area contributed by atoms with Crippen molar-refractivity contribution in [2.45, 2.75) is 13.1 Å². The van der Waals surface area contributed by atoms with E-state index in [-0.39, 0.29) is 6.61 Å². The number of anilines is 1. The summed E-state index contributed by atoms with van der Waals surface area (Å²) in [6.07, 6.45) is 7.32. The second kappa shape index (κ2) is 6.42. The monoisotopic (exact) mass is 340 g/mol. The van der Waals surface area contributed by atoms with Gasteiger partial charge in [-0.1, -0.05) is 0 Å². The Morgan fingerprint density at radius 2 is 2.08 bits per heavy atom. The third-order valence-corrected chi connectivity index (χ3v) is 4.72. The van der Waals surface area contributed by atoms with Crippen LogP contribution in [0.4, 0.5) is 5.82 Å². The Bertz CT molecular complexity index is 943. The quantitative estimate of drug-likeness (QED) is 0.563. The molecule has 0 atom stereocenters. The maximum absolute atomic E-state index is 9.10. The summed E-state index contributed by atoms with van der Waals surface area (Å²) in [6, 6.07) is 6.14. The van der Waals surface area contributed by atoms with Gasteiger partial charge in [0, 0.05) is 24.5 Å². The Balaban J connectivity index is 1.59. The lowest BCUT2D eigenvalue weighted by Gasteiger charge is -2.08. The highest BCUT2D eigenvalue weighted by molar-refractivity contribution is 7.12. The normalized spacial score (nSPS) is 11.2. The summed E-state index contributed by atoms with van der Waals surface area (Å²) in [6.45, 7) is 1.11. The number of hydrogen-bond donors (Lipinski definition) is 2. The highest BCUT2D eigenvalue weighted by Crippen LogP contribution is 2.24. The average Bonchev–Trinajstić information content (AvgIpc) is 3.33. The molecule has 7 nitrogen and oxygen atoms in total. The average molecular weight is 340 g/mol. The number of aliphatic hydroxyl groups excluding tert-OH is 1. The summed E-state index contributed by atoms with van der Waals surface area (Å²) in [5, 5.41) is 20.9. The third-order valence-electron chi connectivity index (χ3n) is 3.75. The fraction of sp³-hybridized carbons (Fsp3) is 0.188. The number of aliphatic hydroxyl groups is 1. The molecule has 2 N–H and O–H groups in total. The molecular weight excluding hydrogens is 324 g/mol. The molecule has 0 amide bonds. The van der Waals surface area contributed by atoms with Gasteiger partial charge in [-0.15, -0.1) is 11.3 Å². The summed E-state index contributed by atoms with van der Waals surface area (Å²) in [5.74, 6) is 0.744. The van der Waals surface area contributed by atoms with Gasteiger partial charge in [-0.2, -0.15) is 5.10 Å². The van der Waals surface area contributed by atoms with Crippen LogP contribution in [0.15, 0.2) is 48.5 Å². The molecule has 0 aliphatic carbocycles. The molecule has 4 aromatic heterocycles. The molecule has 0 radical (unpaired) electrons. The first kappa shape index (κ1) is 14.9. The second-order valence-electron chi connectivity index (χ2n) is 5.25. The number of hydrogen-bond acceptors (Lipinski definition) is 6. The summed E-state index contributed by atoms with van der Waals surface area (Å²) in [7, 11) is 0. The molecule has 0 aromatic carbocycles. The first-order valence-corrected chi connectivity index (χ1v) is 8.46. The van der Waals surface area contributed by atoms with E-state index in [2.05, 4.69) is 36.4 Å². The SMILES string of the molecule is OCCn1ncc2c(NCc3ccsc3-n3cccc3)ncnc21. The largest absolute Gasteiger partial charge is 0.394 e. The van der Waals surface area contributed by atoms with E-state index in [1.165, 1.54) is 16.9 Å². The van der Waals surface area contributed by atoms with E-state index in [1.54, 1.807) is 22.2 Å². The first-order chi connectivity index (χ1) is 11.9. The van der Waals surface area contributed by atoms with Crippen molar-refractivity contribution in [3.8, 4) is 5.00 Å². The van der Waals surface area contributed by atoms with Gasteiger partial charge in [-0.05, 0) is 23.6 Å². The standard InChI is InChI=1S/C16H16N6OS/c23-7-6-22-15-13(10-20-22)14(18-11-19-15)17-9-12-3-8-24-16(12)21-4-1-2-5-21/h1-5,8,10-11,23H,6-7,9H2,(H,17,18,19). The van der Waals surface area contributed by atoms with Gasteiger partial charge >= 0.3 is 0 Å². The number of aromatic nitrogens is 5. The van der Waals surface area contributed by atoms with Gasteiger partial charge in [0.05, 0.1) is 24.7 Å². The Morgan fingerprint density at radius 1 is 1.21 bits per heavy atom. The first-order valence-electron chi connectivity index (χ1n) is 7.58. The number of nitrogens with one attached hydrogen (secondary N) is 1. The van der Waals surface area contributed by atoms with E-state index < -0.39 is 0 Å². The molecule has 0 spiro atoms. The molecule has 8 heteroatoms. The van der Waals surface area contributed by atoms with Gasteiger partial charge in [0.1, 0.15) is 17.1 Å². The van der Waals surface area contributed by atoms with Crippen molar-refractivity contribution in [2.24, 2.45) is 0 Å². The smallest absolute Gasteiger partial charge is 0.163 e. The number of fused-ring (bicyclic) bond motifs is 1. The van der Waals surface area contributed by atoms with E-state index in [0.717, 1.165) is 16.9 Å². The Labute approximate surface area is 142 Å². The fourth-order valence-corrected chi connectivity index (χ4v) is 3.53. The minimum atomic E-state index is 0.0265. The molecule has 4 heterocycles. The van der Waals surface area contributed by atoms with Crippen molar-refractivity contribution in [1.29, 1.82) is 0 Å². The molecule has 122 valence electrons. The van der Waals surface area contributed by atoms with Crippen molar-refractivity contribution in [2.75, 3.05) is 11.9 Å². The third kappa shape index (κ3) is 2.66. The zero-order valence-electron chi connectivity index (χ0n) is 12.8. The molecule has 0 saturated carbocycles. The van der Waals surface area contributed by atoms with Crippen LogP contribution in [0.2, 0.25) is 0 Å². The van der Waals surface area contributed by atoms with Crippen LogP contribution in [0.3, 0.4) is 0 Å². The molecule has 4 rings (SSSR count). The van der Waals surface area contributed by atoms with E-state index >= 15 is 0 Å². The van der Waals surface area contributed by atoms with Crippen LogP contribution >= 0.6 is 11.3 Å². The van der Waals surface area contributed by atoms with E-state index in [0.29, 0.717) is 13.1 Å².